The molecule has 1 rings (SSSR count). The smallest absolute Gasteiger partial charge is 0.325 e. The Bertz CT molecular complexity index is 516. The summed E-state index contributed by atoms with van der Waals surface area (Å²) in [6.07, 6.45) is 0.465. The number of carbonyl (C=O) groups excluding carboxylic acids is 3. The molecular weight excluding hydrogens is 284 g/mol. The molecule has 6 nitrogen and oxygen atoms in total. The molecule has 0 aliphatic heterocycles. The van der Waals surface area contributed by atoms with E-state index in [0.29, 0.717) is 12.0 Å². The molecule has 0 saturated heterocycles. The minimum atomic E-state index is -0.907. The van der Waals surface area contributed by atoms with Gasteiger partial charge in [-0.2, -0.15) is 0 Å². The van der Waals surface area contributed by atoms with Crippen LogP contribution in [-0.2, 0) is 14.3 Å². The molecule has 0 heterocycles. The summed E-state index contributed by atoms with van der Waals surface area (Å²) in [5.41, 5.74) is 5.56. The first-order valence-corrected chi connectivity index (χ1v) is 7.29. The van der Waals surface area contributed by atoms with Crippen LogP contribution >= 0.6 is 0 Å². The summed E-state index contributed by atoms with van der Waals surface area (Å²) in [5.74, 6) is -1.64. The van der Waals surface area contributed by atoms with Gasteiger partial charge in [-0.15, -0.1) is 0 Å². The van der Waals surface area contributed by atoms with Crippen molar-refractivity contribution in [3.63, 3.8) is 0 Å². The van der Waals surface area contributed by atoms with Crippen molar-refractivity contribution in [1.29, 1.82) is 0 Å². The highest BCUT2D eigenvalue weighted by Crippen LogP contribution is 2.12. The van der Waals surface area contributed by atoms with E-state index in [-0.39, 0.29) is 18.3 Å². The molecule has 1 unspecified atom stereocenters. The lowest BCUT2D eigenvalue weighted by Gasteiger charge is -2.23. The fourth-order valence-electron chi connectivity index (χ4n) is 2.12. The molecule has 1 aromatic carbocycles. The van der Waals surface area contributed by atoms with Crippen molar-refractivity contribution in [2.24, 2.45) is 5.92 Å². The van der Waals surface area contributed by atoms with Gasteiger partial charge in [0.25, 0.3) is 5.91 Å². The molecule has 2 N–H and O–H groups in total. The number of hydrazine groups is 1. The Kier molecular flexibility index (Phi) is 7.25. The molecule has 0 bridgehead atoms. The molecule has 2 atom stereocenters. The van der Waals surface area contributed by atoms with Gasteiger partial charge >= 0.3 is 5.97 Å². The summed E-state index contributed by atoms with van der Waals surface area (Å²) < 4.78 is 4.97. The largest absolute Gasteiger partial charge is 0.465 e. The highest BCUT2D eigenvalue weighted by Gasteiger charge is 2.31. The van der Waals surface area contributed by atoms with E-state index in [1.54, 1.807) is 44.2 Å². The van der Waals surface area contributed by atoms with E-state index >= 15 is 0 Å². The molecule has 0 saturated carbocycles. The summed E-state index contributed by atoms with van der Waals surface area (Å²) in [4.78, 5) is 35.7. The second-order valence-corrected chi connectivity index (χ2v) is 4.82. The maximum absolute atomic E-state index is 12.0. The van der Waals surface area contributed by atoms with Crippen LogP contribution in [0.5, 0.6) is 0 Å². The fraction of sp³-hybridized carbons (Fsp3) is 0.438. The number of ketones is 1. The zero-order valence-electron chi connectivity index (χ0n) is 13.1. The van der Waals surface area contributed by atoms with E-state index in [1.165, 1.54) is 6.92 Å². The SMILES string of the molecule is CCOC(=O)[C@H](NNC(=O)c1ccccc1)C(CC)C(C)=O. The lowest BCUT2D eigenvalue weighted by molar-refractivity contribution is -0.149. The van der Waals surface area contributed by atoms with Crippen molar-refractivity contribution in [3.05, 3.63) is 35.9 Å². The Morgan fingerprint density at radius 1 is 1.14 bits per heavy atom. The molecule has 1 amide bonds. The Morgan fingerprint density at radius 2 is 1.77 bits per heavy atom. The quantitative estimate of drug-likeness (QED) is 0.561. The number of esters is 1. The van der Waals surface area contributed by atoms with E-state index < -0.39 is 17.9 Å². The summed E-state index contributed by atoms with van der Waals surface area (Å²) in [6, 6.07) is 7.67. The zero-order valence-corrected chi connectivity index (χ0v) is 13.1. The molecule has 0 aliphatic carbocycles. The molecule has 0 radical (unpaired) electrons. The summed E-state index contributed by atoms with van der Waals surface area (Å²) in [5, 5.41) is 0. The van der Waals surface area contributed by atoms with Crippen LogP contribution in [0.25, 0.3) is 0 Å². The maximum atomic E-state index is 12.0. The number of Topliss-reactive ketones (excluding diaryl/α,β-unsaturated/α-hetero) is 1. The van der Waals surface area contributed by atoms with Crippen molar-refractivity contribution in [1.82, 2.24) is 10.9 Å². The fourth-order valence-corrected chi connectivity index (χ4v) is 2.12. The second kappa shape index (κ2) is 8.94. The van der Waals surface area contributed by atoms with E-state index in [1.807, 2.05) is 0 Å². The number of nitrogens with one attached hydrogen (secondary N) is 2. The average molecular weight is 306 g/mol. The molecular formula is C16H22N2O4. The van der Waals surface area contributed by atoms with Gasteiger partial charge < -0.3 is 4.74 Å². The van der Waals surface area contributed by atoms with E-state index in [2.05, 4.69) is 10.9 Å². The summed E-state index contributed by atoms with van der Waals surface area (Å²) in [7, 11) is 0. The minimum absolute atomic E-state index is 0.137. The highest BCUT2D eigenvalue weighted by molar-refractivity contribution is 5.94. The average Bonchev–Trinajstić information content (AvgIpc) is 2.51. The van der Waals surface area contributed by atoms with Crippen LogP contribution in [0.3, 0.4) is 0 Å². The number of amides is 1. The third-order valence-corrected chi connectivity index (χ3v) is 3.28. The normalized spacial score (nSPS) is 13.0. The molecule has 0 aromatic heterocycles. The van der Waals surface area contributed by atoms with Gasteiger partial charge in [0.05, 0.1) is 6.61 Å². The number of benzene rings is 1. The van der Waals surface area contributed by atoms with Gasteiger partial charge in [0.15, 0.2) is 0 Å². The summed E-state index contributed by atoms with van der Waals surface area (Å²) >= 11 is 0. The number of hydrogen-bond acceptors (Lipinski definition) is 5. The monoisotopic (exact) mass is 306 g/mol. The second-order valence-electron chi connectivity index (χ2n) is 4.82. The van der Waals surface area contributed by atoms with Gasteiger partial charge in [0.1, 0.15) is 11.8 Å². The molecule has 0 aliphatic rings. The van der Waals surface area contributed by atoms with Crippen LogP contribution in [0, 0.1) is 5.92 Å². The Morgan fingerprint density at radius 3 is 2.27 bits per heavy atom. The predicted octanol–water partition coefficient (Wildman–Crippen LogP) is 1.47. The third kappa shape index (κ3) is 4.96. The van der Waals surface area contributed by atoms with Gasteiger partial charge in [-0.1, -0.05) is 25.1 Å². The number of ether oxygens (including phenoxy) is 1. The van der Waals surface area contributed by atoms with Gasteiger partial charge in [-0.25, -0.2) is 5.43 Å². The standard InChI is InChI=1S/C16H22N2O4/c1-4-13(11(3)19)14(16(21)22-5-2)17-18-15(20)12-9-7-6-8-10-12/h6-10,13-14,17H,4-5H2,1-3H3,(H,18,20)/t13?,14-/m1/s1. The van der Waals surface area contributed by atoms with Crippen LogP contribution in [-0.4, -0.2) is 30.3 Å². The number of carbonyl (C=O) groups is 3. The number of hydrogen-bond donors (Lipinski definition) is 2. The molecule has 1 aromatic rings. The van der Waals surface area contributed by atoms with Crippen molar-refractivity contribution < 1.29 is 19.1 Å². The lowest BCUT2D eigenvalue weighted by atomic mass is 9.93. The van der Waals surface area contributed by atoms with Crippen molar-refractivity contribution in [3.8, 4) is 0 Å². The van der Waals surface area contributed by atoms with Gasteiger partial charge in [-0.05, 0) is 32.4 Å². The summed E-state index contributed by atoms with van der Waals surface area (Å²) in [6.45, 7) is 5.12. The predicted molar refractivity (Wildman–Crippen MR) is 81.9 cm³/mol. The molecule has 22 heavy (non-hydrogen) atoms. The van der Waals surface area contributed by atoms with Crippen LogP contribution < -0.4 is 10.9 Å². The topological polar surface area (TPSA) is 84.5 Å². The number of rotatable bonds is 8. The van der Waals surface area contributed by atoms with Gasteiger partial charge in [0, 0.05) is 11.5 Å². The molecule has 0 fully saturated rings. The first kappa shape index (κ1) is 17.8. The van der Waals surface area contributed by atoms with Crippen LogP contribution in [0.15, 0.2) is 30.3 Å². The van der Waals surface area contributed by atoms with Crippen LogP contribution in [0.1, 0.15) is 37.6 Å². The maximum Gasteiger partial charge on any atom is 0.325 e. The van der Waals surface area contributed by atoms with Crippen molar-refractivity contribution in [2.75, 3.05) is 6.61 Å². The third-order valence-electron chi connectivity index (χ3n) is 3.28. The molecule has 0 spiro atoms. The highest BCUT2D eigenvalue weighted by atomic mass is 16.5. The van der Waals surface area contributed by atoms with Crippen molar-refractivity contribution >= 4 is 17.7 Å². The first-order chi connectivity index (χ1) is 10.5. The Labute approximate surface area is 130 Å². The molecule has 120 valence electrons. The minimum Gasteiger partial charge on any atom is -0.465 e. The Balaban J connectivity index is 2.78. The zero-order chi connectivity index (χ0) is 16.5. The van der Waals surface area contributed by atoms with Gasteiger partial charge in [0.2, 0.25) is 0 Å². The molecule has 6 heteroatoms. The first-order valence-electron chi connectivity index (χ1n) is 7.29. The van der Waals surface area contributed by atoms with Crippen molar-refractivity contribution in [2.45, 2.75) is 33.2 Å². The Hall–Kier alpha value is -2.21. The van der Waals surface area contributed by atoms with E-state index in [0.717, 1.165) is 0 Å². The van der Waals surface area contributed by atoms with E-state index in [4.69, 9.17) is 4.74 Å². The van der Waals surface area contributed by atoms with Crippen LogP contribution in [0.2, 0.25) is 0 Å². The van der Waals surface area contributed by atoms with Gasteiger partial charge in [-0.3, -0.25) is 19.8 Å². The van der Waals surface area contributed by atoms with Crippen LogP contribution in [0.4, 0.5) is 0 Å². The lowest BCUT2D eigenvalue weighted by Crippen LogP contribution is -2.53. The van der Waals surface area contributed by atoms with E-state index in [9.17, 15) is 14.4 Å².